The van der Waals surface area contributed by atoms with Gasteiger partial charge in [-0.3, -0.25) is 4.79 Å². The maximum atomic E-state index is 13.4. The summed E-state index contributed by atoms with van der Waals surface area (Å²) in [4.78, 5) is 11.7. The van der Waals surface area contributed by atoms with Crippen molar-refractivity contribution in [2.45, 2.75) is 12.8 Å². The molecule has 0 aliphatic heterocycles. The van der Waals surface area contributed by atoms with Crippen LogP contribution in [0.4, 0.5) is 10.1 Å². The molecule has 2 aromatic rings. The second-order valence-corrected chi connectivity index (χ2v) is 4.19. The number of carbonyl (C=O) groups excluding carboxylic acids is 1. The Labute approximate surface area is 110 Å². The molecular formula is C15H14FNO2. The summed E-state index contributed by atoms with van der Waals surface area (Å²) in [6, 6.07) is 12.7. The molecule has 19 heavy (non-hydrogen) atoms. The predicted octanol–water partition coefficient (Wildman–Crippen LogP) is 3.10. The molecule has 0 heterocycles. The van der Waals surface area contributed by atoms with Gasteiger partial charge in [0.15, 0.2) is 0 Å². The van der Waals surface area contributed by atoms with E-state index in [1.54, 1.807) is 30.3 Å². The normalized spacial score (nSPS) is 10.2. The third kappa shape index (κ3) is 3.81. The highest BCUT2D eigenvalue weighted by Crippen LogP contribution is 2.16. The van der Waals surface area contributed by atoms with Crippen LogP contribution in [0.1, 0.15) is 12.0 Å². The summed E-state index contributed by atoms with van der Waals surface area (Å²) < 4.78 is 13.4. The Balaban J connectivity index is 1.90. The molecule has 0 atom stereocenters. The first-order valence-electron chi connectivity index (χ1n) is 5.97. The lowest BCUT2D eigenvalue weighted by Crippen LogP contribution is -2.12. The lowest BCUT2D eigenvalue weighted by Gasteiger charge is -2.06. The molecule has 0 fully saturated rings. The largest absolute Gasteiger partial charge is 0.508 e. The third-order valence-electron chi connectivity index (χ3n) is 2.71. The fourth-order valence-corrected chi connectivity index (χ4v) is 1.76. The van der Waals surface area contributed by atoms with Gasteiger partial charge in [0.1, 0.15) is 11.6 Å². The molecule has 0 aliphatic carbocycles. The van der Waals surface area contributed by atoms with Gasteiger partial charge < -0.3 is 10.4 Å². The van der Waals surface area contributed by atoms with Crippen molar-refractivity contribution in [3.63, 3.8) is 0 Å². The molecule has 2 N–H and O–H groups in total. The zero-order valence-corrected chi connectivity index (χ0v) is 10.3. The van der Waals surface area contributed by atoms with Crippen LogP contribution < -0.4 is 5.32 Å². The van der Waals surface area contributed by atoms with Gasteiger partial charge in [-0.05, 0) is 30.2 Å². The van der Waals surface area contributed by atoms with Crippen molar-refractivity contribution in [1.82, 2.24) is 0 Å². The van der Waals surface area contributed by atoms with Crippen LogP contribution in [0.2, 0.25) is 0 Å². The van der Waals surface area contributed by atoms with Gasteiger partial charge in [0.2, 0.25) is 5.91 Å². The standard InChI is InChI=1S/C15H14FNO2/c16-14-7-2-1-4-11(14)8-9-15(19)17-12-5-3-6-13(18)10-12/h1-7,10,18H,8-9H2,(H,17,19). The summed E-state index contributed by atoms with van der Waals surface area (Å²) in [7, 11) is 0. The number of phenolic OH excluding ortho intramolecular Hbond substituents is 1. The van der Waals surface area contributed by atoms with E-state index in [4.69, 9.17) is 0 Å². The van der Waals surface area contributed by atoms with Crippen LogP contribution in [-0.4, -0.2) is 11.0 Å². The fraction of sp³-hybridized carbons (Fsp3) is 0.133. The first-order valence-corrected chi connectivity index (χ1v) is 5.97. The first-order chi connectivity index (χ1) is 9.15. The fourth-order valence-electron chi connectivity index (χ4n) is 1.76. The van der Waals surface area contributed by atoms with Crippen LogP contribution in [0, 0.1) is 5.82 Å². The van der Waals surface area contributed by atoms with Crippen LogP contribution in [-0.2, 0) is 11.2 Å². The Hall–Kier alpha value is -2.36. The van der Waals surface area contributed by atoms with E-state index in [1.165, 1.54) is 18.2 Å². The molecule has 0 saturated heterocycles. The molecule has 0 aromatic heterocycles. The molecule has 0 spiro atoms. The third-order valence-corrected chi connectivity index (χ3v) is 2.71. The average Bonchev–Trinajstić information content (AvgIpc) is 2.38. The van der Waals surface area contributed by atoms with Crippen molar-refractivity contribution in [1.29, 1.82) is 0 Å². The van der Waals surface area contributed by atoms with E-state index < -0.39 is 0 Å². The number of rotatable bonds is 4. The van der Waals surface area contributed by atoms with E-state index in [2.05, 4.69) is 5.32 Å². The number of carbonyl (C=O) groups is 1. The van der Waals surface area contributed by atoms with Gasteiger partial charge >= 0.3 is 0 Å². The van der Waals surface area contributed by atoms with Crippen LogP contribution in [0.15, 0.2) is 48.5 Å². The molecule has 3 nitrogen and oxygen atoms in total. The molecule has 2 aromatic carbocycles. The smallest absolute Gasteiger partial charge is 0.224 e. The highest BCUT2D eigenvalue weighted by Gasteiger charge is 2.06. The summed E-state index contributed by atoms with van der Waals surface area (Å²) in [6.45, 7) is 0. The monoisotopic (exact) mass is 259 g/mol. The van der Waals surface area contributed by atoms with Gasteiger partial charge in [-0.2, -0.15) is 0 Å². The highest BCUT2D eigenvalue weighted by atomic mass is 19.1. The second-order valence-electron chi connectivity index (χ2n) is 4.19. The van der Waals surface area contributed by atoms with Crippen LogP contribution in [0.3, 0.4) is 0 Å². The zero-order valence-electron chi connectivity index (χ0n) is 10.3. The van der Waals surface area contributed by atoms with Crippen molar-refractivity contribution >= 4 is 11.6 Å². The van der Waals surface area contributed by atoms with Gasteiger partial charge in [-0.15, -0.1) is 0 Å². The summed E-state index contributed by atoms with van der Waals surface area (Å²) in [5, 5.41) is 11.9. The zero-order chi connectivity index (χ0) is 13.7. The minimum Gasteiger partial charge on any atom is -0.508 e. The van der Waals surface area contributed by atoms with E-state index in [0.29, 0.717) is 17.7 Å². The number of phenols is 1. The second kappa shape index (κ2) is 6.00. The Morgan fingerprint density at radius 2 is 1.95 bits per heavy atom. The van der Waals surface area contributed by atoms with Crippen molar-refractivity contribution in [3.05, 3.63) is 59.9 Å². The number of anilines is 1. The molecule has 98 valence electrons. The molecule has 0 aliphatic rings. The Kier molecular flexibility index (Phi) is 4.13. The number of halogens is 1. The van der Waals surface area contributed by atoms with Crippen molar-refractivity contribution in [2.24, 2.45) is 0 Å². The van der Waals surface area contributed by atoms with Crippen LogP contribution in [0.25, 0.3) is 0 Å². The van der Waals surface area contributed by atoms with Gasteiger partial charge in [0.05, 0.1) is 0 Å². The number of hydrogen-bond donors (Lipinski definition) is 2. The SMILES string of the molecule is O=C(CCc1ccccc1F)Nc1cccc(O)c1. The van der Waals surface area contributed by atoms with Crippen LogP contribution in [0.5, 0.6) is 5.75 Å². The van der Waals surface area contributed by atoms with E-state index in [-0.39, 0.29) is 23.9 Å². The number of aryl methyl sites for hydroxylation is 1. The molecular weight excluding hydrogens is 245 g/mol. The van der Waals surface area contributed by atoms with E-state index in [9.17, 15) is 14.3 Å². The summed E-state index contributed by atoms with van der Waals surface area (Å²) in [5.74, 6) is -0.423. The molecule has 0 saturated carbocycles. The Bertz CT molecular complexity index is 584. The topological polar surface area (TPSA) is 49.3 Å². The van der Waals surface area contributed by atoms with Crippen molar-refractivity contribution in [3.8, 4) is 5.75 Å². The van der Waals surface area contributed by atoms with Crippen molar-refractivity contribution in [2.75, 3.05) is 5.32 Å². The maximum Gasteiger partial charge on any atom is 0.224 e. The number of nitrogens with one attached hydrogen (secondary N) is 1. The number of benzene rings is 2. The van der Waals surface area contributed by atoms with Gasteiger partial charge in [-0.25, -0.2) is 4.39 Å². The molecule has 0 bridgehead atoms. The minimum absolute atomic E-state index is 0.0897. The molecule has 2 rings (SSSR count). The molecule has 4 heteroatoms. The quantitative estimate of drug-likeness (QED) is 0.886. The Morgan fingerprint density at radius 3 is 2.68 bits per heavy atom. The van der Waals surface area contributed by atoms with Crippen LogP contribution >= 0.6 is 0 Å². The number of hydrogen-bond acceptors (Lipinski definition) is 2. The highest BCUT2D eigenvalue weighted by molar-refractivity contribution is 5.91. The lowest BCUT2D eigenvalue weighted by atomic mass is 10.1. The van der Waals surface area contributed by atoms with E-state index in [0.717, 1.165) is 0 Å². The van der Waals surface area contributed by atoms with E-state index >= 15 is 0 Å². The summed E-state index contributed by atoms with van der Waals surface area (Å²) in [5.41, 5.74) is 1.05. The van der Waals surface area contributed by atoms with Gasteiger partial charge in [0, 0.05) is 18.2 Å². The first kappa shape index (κ1) is 13.1. The summed E-state index contributed by atoms with van der Waals surface area (Å²) >= 11 is 0. The van der Waals surface area contributed by atoms with Crippen molar-refractivity contribution < 1.29 is 14.3 Å². The number of aromatic hydroxyl groups is 1. The maximum absolute atomic E-state index is 13.4. The lowest BCUT2D eigenvalue weighted by molar-refractivity contribution is -0.116. The Morgan fingerprint density at radius 1 is 1.16 bits per heavy atom. The number of amides is 1. The predicted molar refractivity (Wildman–Crippen MR) is 71.5 cm³/mol. The molecule has 0 unspecified atom stereocenters. The van der Waals surface area contributed by atoms with Gasteiger partial charge in [0.25, 0.3) is 0 Å². The van der Waals surface area contributed by atoms with E-state index in [1.807, 2.05) is 0 Å². The molecule has 1 amide bonds. The molecule has 0 radical (unpaired) electrons. The summed E-state index contributed by atoms with van der Waals surface area (Å²) in [6.07, 6.45) is 0.536. The minimum atomic E-state index is -0.298. The average molecular weight is 259 g/mol. The van der Waals surface area contributed by atoms with Gasteiger partial charge in [-0.1, -0.05) is 24.3 Å².